The van der Waals surface area contributed by atoms with Crippen LogP contribution in [0.2, 0.25) is 0 Å². The molecule has 0 radical (unpaired) electrons. The third-order valence-electron chi connectivity index (χ3n) is 8.54. The highest BCUT2D eigenvalue weighted by molar-refractivity contribution is 6.10. The monoisotopic (exact) mass is 554 g/mol. The van der Waals surface area contributed by atoms with E-state index in [1.54, 1.807) is 0 Å². The topological polar surface area (TPSA) is 34.6 Å². The summed E-state index contributed by atoms with van der Waals surface area (Å²) in [6, 6.07) is 30.8. The van der Waals surface area contributed by atoms with Crippen molar-refractivity contribution >= 4 is 56.0 Å². The van der Waals surface area contributed by atoms with Gasteiger partial charge in [-0.2, -0.15) is 10.2 Å². The molecular weight excluding hydrogens is 512 g/mol. The lowest BCUT2D eigenvalue weighted by atomic mass is 10.1. The predicted octanol–water partition coefficient (Wildman–Crippen LogP) is 10.5. The van der Waals surface area contributed by atoms with Crippen LogP contribution in [0.3, 0.4) is 0 Å². The molecule has 0 saturated carbocycles. The molecule has 4 aromatic carbocycles. The Morgan fingerprint density at radius 3 is 1.36 bits per heavy atom. The summed E-state index contributed by atoms with van der Waals surface area (Å²) in [6.07, 6.45) is 13.8. The van der Waals surface area contributed by atoms with Crippen molar-refractivity contribution in [1.29, 1.82) is 0 Å². The quantitative estimate of drug-likeness (QED) is 0.0773. The van der Waals surface area contributed by atoms with Crippen molar-refractivity contribution in [3.8, 4) is 0 Å². The summed E-state index contributed by atoms with van der Waals surface area (Å²) in [5.41, 5.74) is 7.35. The molecule has 0 N–H and O–H groups in total. The third-order valence-corrected chi connectivity index (χ3v) is 8.54. The molecule has 0 bridgehead atoms. The zero-order chi connectivity index (χ0) is 28.7. The number of unbranched alkanes of at least 4 members (excludes halogenated alkanes) is 6. The Morgan fingerprint density at radius 2 is 0.905 bits per heavy atom. The fraction of sp³-hybridized carbons (Fsp3) is 0.316. The predicted molar refractivity (Wildman–Crippen MR) is 182 cm³/mol. The third kappa shape index (κ3) is 5.76. The van der Waals surface area contributed by atoms with Crippen molar-refractivity contribution in [2.75, 3.05) is 0 Å². The number of hydrogen-bond donors (Lipinski definition) is 0. The van der Waals surface area contributed by atoms with E-state index in [4.69, 9.17) is 0 Å². The molecule has 6 aromatic rings. The Morgan fingerprint density at radius 1 is 0.476 bits per heavy atom. The molecule has 0 aliphatic heterocycles. The first kappa shape index (κ1) is 28.0. The molecule has 2 heterocycles. The highest BCUT2D eigenvalue weighted by atomic mass is 15.2. The van der Waals surface area contributed by atoms with Crippen LogP contribution in [0.4, 0.5) is 0 Å². The van der Waals surface area contributed by atoms with Gasteiger partial charge < -0.3 is 9.13 Å². The van der Waals surface area contributed by atoms with Crippen LogP contribution in [0.5, 0.6) is 0 Å². The van der Waals surface area contributed by atoms with E-state index >= 15 is 0 Å². The summed E-state index contributed by atoms with van der Waals surface area (Å²) in [4.78, 5) is 0. The number of benzene rings is 4. The SMILES string of the molecule is CCCCCCn1c2ccccc2c2cc(/C=N/N=C/c3ccc4c(c3)c3ccccc3n4CCCCCC)ccc21. The second-order valence-electron chi connectivity index (χ2n) is 11.5. The molecule has 0 atom stereocenters. The Kier molecular flexibility index (Phi) is 8.79. The number of aromatic nitrogens is 2. The summed E-state index contributed by atoms with van der Waals surface area (Å²) < 4.78 is 4.97. The molecule has 0 saturated heterocycles. The number of nitrogens with zero attached hydrogens (tertiary/aromatic N) is 4. The van der Waals surface area contributed by atoms with Crippen molar-refractivity contribution in [2.45, 2.75) is 78.3 Å². The molecule has 214 valence electrons. The van der Waals surface area contributed by atoms with Crippen LogP contribution in [0.15, 0.2) is 95.1 Å². The Hall–Kier alpha value is -4.18. The summed E-state index contributed by atoms with van der Waals surface area (Å²) >= 11 is 0. The standard InChI is InChI=1S/C38H42N4/c1-3-5-7-13-23-41-35-17-11-9-15-31(35)33-25-29(19-21-37(33)41)27-39-40-28-30-20-22-38-34(26-30)32-16-10-12-18-36(32)42(38)24-14-8-6-4-2/h9-12,15-22,25-28H,3-8,13-14,23-24H2,1-2H3/b39-27+,40-28+. The maximum absolute atomic E-state index is 4.44. The van der Waals surface area contributed by atoms with Gasteiger partial charge in [0.05, 0.1) is 12.4 Å². The van der Waals surface area contributed by atoms with Crippen LogP contribution in [0.25, 0.3) is 43.6 Å². The molecule has 0 spiro atoms. The fourth-order valence-corrected chi connectivity index (χ4v) is 6.38. The molecule has 0 aliphatic rings. The zero-order valence-electron chi connectivity index (χ0n) is 25.1. The first-order chi connectivity index (χ1) is 20.8. The number of para-hydroxylation sites is 2. The van der Waals surface area contributed by atoms with Gasteiger partial charge in [0.25, 0.3) is 0 Å². The van der Waals surface area contributed by atoms with Crippen LogP contribution in [-0.4, -0.2) is 21.6 Å². The van der Waals surface area contributed by atoms with Crippen LogP contribution in [0, 0.1) is 0 Å². The van der Waals surface area contributed by atoms with Gasteiger partial charge in [-0.25, -0.2) is 0 Å². The van der Waals surface area contributed by atoms with E-state index in [0.717, 1.165) is 24.2 Å². The van der Waals surface area contributed by atoms with Gasteiger partial charge in [0.1, 0.15) is 0 Å². The van der Waals surface area contributed by atoms with E-state index in [1.807, 2.05) is 12.4 Å². The summed E-state index contributed by atoms with van der Waals surface area (Å²) in [5, 5.41) is 14.1. The Labute approximate surface area is 249 Å². The van der Waals surface area contributed by atoms with Gasteiger partial charge in [-0.15, -0.1) is 0 Å². The normalized spacial score (nSPS) is 12.3. The van der Waals surface area contributed by atoms with Crippen molar-refractivity contribution in [1.82, 2.24) is 9.13 Å². The van der Waals surface area contributed by atoms with Gasteiger partial charge in [0.2, 0.25) is 0 Å². The van der Waals surface area contributed by atoms with E-state index in [2.05, 4.69) is 118 Å². The van der Waals surface area contributed by atoms with Crippen molar-refractivity contribution in [3.63, 3.8) is 0 Å². The minimum atomic E-state index is 1.06. The lowest BCUT2D eigenvalue weighted by Crippen LogP contribution is -1.97. The molecule has 42 heavy (non-hydrogen) atoms. The van der Waals surface area contributed by atoms with Gasteiger partial charge in [-0.05, 0) is 60.4 Å². The lowest BCUT2D eigenvalue weighted by molar-refractivity contribution is 0.602. The molecule has 4 heteroatoms. The highest BCUT2D eigenvalue weighted by Crippen LogP contribution is 2.31. The van der Waals surface area contributed by atoms with E-state index < -0.39 is 0 Å². The highest BCUT2D eigenvalue weighted by Gasteiger charge is 2.11. The second kappa shape index (κ2) is 13.2. The van der Waals surface area contributed by atoms with Gasteiger partial charge >= 0.3 is 0 Å². The number of aryl methyl sites for hydroxylation is 2. The number of hydrogen-bond acceptors (Lipinski definition) is 2. The number of fused-ring (bicyclic) bond motifs is 6. The van der Waals surface area contributed by atoms with Gasteiger partial charge in [-0.3, -0.25) is 0 Å². The number of rotatable bonds is 13. The summed E-state index contributed by atoms with van der Waals surface area (Å²) in [5.74, 6) is 0. The molecule has 0 unspecified atom stereocenters. The largest absolute Gasteiger partial charge is 0.340 e. The maximum Gasteiger partial charge on any atom is 0.0568 e. The van der Waals surface area contributed by atoms with Gasteiger partial charge in [-0.1, -0.05) is 101 Å². The summed E-state index contributed by atoms with van der Waals surface area (Å²) in [7, 11) is 0. The second-order valence-corrected chi connectivity index (χ2v) is 11.5. The molecule has 0 amide bonds. The Bertz CT molecular complexity index is 1730. The minimum absolute atomic E-state index is 1.06. The Balaban J connectivity index is 1.23. The molecule has 4 nitrogen and oxygen atoms in total. The zero-order valence-corrected chi connectivity index (χ0v) is 25.1. The van der Waals surface area contributed by atoms with Gasteiger partial charge in [0, 0.05) is 56.7 Å². The molecule has 6 rings (SSSR count). The first-order valence-electron chi connectivity index (χ1n) is 15.9. The average molecular weight is 555 g/mol. The molecular formula is C38H42N4. The first-order valence-corrected chi connectivity index (χ1v) is 15.9. The molecule has 0 fully saturated rings. The average Bonchev–Trinajstić information content (AvgIpc) is 3.51. The van der Waals surface area contributed by atoms with E-state index in [-0.39, 0.29) is 0 Å². The van der Waals surface area contributed by atoms with Crippen molar-refractivity contribution in [2.24, 2.45) is 10.2 Å². The van der Waals surface area contributed by atoms with Crippen LogP contribution >= 0.6 is 0 Å². The minimum Gasteiger partial charge on any atom is -0.340 e. The van der Waals surface area contributed by atoms with Crippen LogP contribution < -0.4 is 0 Å². The lowest BCUT2D eigenvalue weighted by Gasteiger charge is -2.07. The smallest absolute Gasteiger partial charge is 0.0568 e. The van der Waals surface area contributed by atoms with Crippen molar-refractivity contribution < 1.29 is 0 Å². The maximum atomic E-state index is 4.44. The van der Waals surface area contributed by atoms with Crippen molar-refractivity contribution in [3.05, 3.63) is 96.1 Å². The summed E-state index contributed by atoms with van der Waals surface area (Å²) in [6.45, 7) is 6.65. The van der Waals surface area contributed by atoms with Gasteiger partial charge in [0.15, 0.2) is 0 Å². The van der Waals surface area contributed by atoms with Crippen LogP contribution in [0.1, 0.15) is 76.3 Å². The van der Waals surface area contributed by atoms with E-state index in [9.17, 15) is 0 Å². The van der Waals surface area contributed by atoms with E-state index in [0.29, 0.717) is 0 Å². The van der Waals surface area contributed by atoms with E-state index in [1.165, 1.54) is 95.0 Å². The fourth-order valence-electron chi connectivity index (χ4n) is 6.38. The van der Waals surface area contributed by atoms with Crippen LogP contribution in [-0.2, 0) is 13.1 Å². The molecule has 0 aliphatic carbocycles. The molecule has 2 aromatic heterocycles.